The van der Waals surface area contributed by atoms with Crippen molar-refractivity contribution >= 4 is 11.9 Å². The van der Waals surface area contributed by atoms with E-state index in [-0.39, 0.29) is 17.1 Å². The average molecular weight is 301 g/mol. The van der Waals surface area contributed by atoms with Crippen LogP contribution in [-0.4, -0.2) is 29.1 Å². The highest BCUT2D eigenvalue weighted by atomic mass is 19.4. The van der Waals surface area contributed by atoms with Crippen molar-refractivity contribution in [2.24, 2.45) is 0 Å². The summed E-state index contributed by atoms with van der Waals surface area (Å²) in [6.45, 7) is 0.470. The quantitative estimate of drug-likeness (QED) is 0.835. The number of carboxylic acids is 1. The Hall–Kier alpha value is -2.13. The number of nitrogens with one attached hydrogen (secondary N) is 1. The number of alkyl halides is 5. The fourth-order valence-electron chi connectivity index (χ4n) is 1.25. The second kappa shape index (κ2) is 5.10. The lowest BCUT2D eigenvalue weighted by molar-refractivity contribution is -0.269. The first-order chi connectivity index (χ1) is 8.96. The molecule has 112 valence electrons. The molecule has 20 heavy (non-hydrogen) atoms. The van der Waals surface area contributed by atoms with Crippen LogP contribution in [0.1, 0.15) is 21.9 Å². The van der Waals surface area contributed by atoms with Gasteiger partial charge in [-0.25, -0.2) is 4.79 Å². The van der Waals surface area contributed by atoms with Crippen LogP contribution in [0.2, 0.25) is 0 Å². The van der Waals surface area contributed by atoms with Crippen molar-refractivity contribution in [3.63, 3.8) is 0 Å². The molecule has 0 unspecified atom stereocenters. The molecule has 1 amide bonds. The first-order valence-electron chi connectivity index (χ1n) is 5.02. The first kappa shape index (κ1) is 15.9. The standard InChI is InChI=1S/C10H8F5NO4/c1-4-6(7(17)18)2-5(20-4)3-16-8(19)9(11,12)10(13,14)15/h2H,3H2,1H3,(H,16,19)(H,17,18). The van der Waals surface area contributed by atoms with Crippen LogP contribution in [-0.2, 0) is 11.3 Å². The minimum Gasteiger partial charge on any atom is -0.478 e. The van der Waals surface area contributed by atoms with Crippen LogP contribution in [0, 0.1) is 6.92 Å². The van der Waals surface area contributed by atoms with Gasteiger partial charge < -0.3 is 14.8 Å². The van der Waals surface area contributed by atoms with E-state index in [2.05, 4.69) is 0 Å². The highest BCUT2D eigenvalue weighted by Gasteiger charge is 2.63. The molecule has 0 aliphatic heterocycles. The van der Waals surface area contributed by atoms with E-state index in [4.69, 9.17) is 9.52 Å². The van der Waals surface area contributed by atoms with E-state index in [1.165, 1.54) is 12.2 Å². The normalized spacial score (nSPS) is 12.3. The van der Waals surface area contributed by atoms with Crippen LogP contribution in [0.3, 0.4) is 0 Å². The van der Waals surface area contributed by atoms with Crippen LogP contribution < -0.4 is 5.32 Å². The molecule has 2 N–H and O–H groups in total. The van der Waals surface area contributed by atoms with Gasteiger partial charge in [0.2, 0.25) is 0 Å². The minimum absolute atomic E-state index is 0.0654. The van der Waals surface area contributed by atoms with Crippen molar-refractivity contribution in [1.29, 1.82) is 0 Å². The summed E-state index contributed by atoms with van der Waals surface area (Å²) in [7, 11) is 0. The smallest absolute Gasteiger partial charge is 0.463 e. The fourth-order valence-corrected chi connectivity index (χ4v) is 1.25. The lowest BCUT2D eigenvalue weighted by Crippen LogP contribution is -2.50. The van der Waals surface area contributed by atoms with Gasteiger partial charge in [0.15, 0.2) is 0 Å². The number of carbonyl (C=O) groups is 2. The molecule has 1 rings (SSSR count). The van der Waals surface area contributed by atoms with Crippen molar-refractivity contribution in [1.82, 2.24) is 5.32 Å². The molecular weight excluding hydrogens is 293 g/mol. The summed E-state index contributed by atoms with van der Waals surface area (Å²) in [6.07, 6.45) is -6.01. The van der Waals surface area contributed by atoms with Gasteiger partial charge in [-0.1, -0.05) is 0 Å². The molecular formula is C10H8F5NO4. The second-order valence-corrected chi connectivity index (χ2v) is 3.74. The van der Waals surface area contributed by atoms with Gasteiger partial charge in [0.25, 0.3) is 0 Å². The third kappa shape index (κ3) is 3.06. The monoisotopic (exact) mass is 301 g/mol. The molecule has 0 radical (unpaired) electrons. The number of aromatic carboxylic acids is 1. The summed E-state index contributed by atoms with van der Waals surface area (Å²) >= 11 is 0. The number of hydrogen-bond donors (Lipinski definition) is 2. The van der Waals surface area contributed by atoms with Crippen molar-refractivity contribution < 1.29 is 41.1 Å². The topological polar surface area (TPSA) is 79.5 Å². The van der Waals surface area contributed by atoms with Gasteiger partial charge in [-0.2, -0.15) is 22.0 Å². The van der Waals surface area contributed by atoms with Crippen LogP contribution >= 0.6 is 0 Å². The predicted molar refractivity (Wildman–Crippen MR) is 53.3 cm³/mol. The van der Waals surface area contributed by atoms with Crippen molar-refractivity contribution in [2.45, 2.75) is 25.6 Å². The van der Waals surface area contributed by atoms with Gasteiger partial charge in [0.05, 0.1) is 6.54 Å². The molecule has 0 atom stereocenters. The zero-order valence-corrected chi connectivity index (χ0v) is 9.85. The number of hydrogen-bond acceptors (Lipinski definition) is 3. The maximum atomic E-state index is 12.6. The largest absolute Gasteiger partial charge is 0.478 e. The van der Waals surface area contributed by atoms with Gasteiger partial charge in [0.1, 0.15) is 17.1 Å². The molecule has 0 aliphatic rings. The highest BCUT2D eigenvalue weighted by Crippen LogP contribution is 2.35. The minimum atomic E-state index is -6.01. The predicted octanol–water partition coefficient (Wildman–Crippen LogP) is 2.10. The van der Waals surface area contributed by atoms with Crippen LogP contribution in [0.15, 0.2) is 10.5 Å². The maximum absolute atomic E-state index is 12.6. The molecule has 10 heteroatoms. The molecule has 1 heterocycles. The number of carboxylic acid groups (broad SMARTS) is 1. The summed E-state index contributed by atoms with van der Waals surface area (Å²) in [4.78, 5) is 21.4. The Balaban J connectivity index is 2.76. The lowest BCUT2D eigenvalue weighted by atomic mass is 10.2. The molecule has 0 aliphatic carbocycles. The fraction of sp³-hybridized carbons (Fsp3) is 0.400. The highest BCUT2D eigenvalue weighted by molar-refractivity contribution is 5.89. The number of carbonyl (C=O) groups excluding carboxylic acids is 1. The molecule has 5 nitrogen and oxygen atoms in total. The number of furan rings is 1. The number of rotatable bonds is 4. The summed E-state index contributed by atoms with van der Waals surface area (Å²) in [5.74, 6) is -9.76. The first-order valence-corrected chi connectivity index (χ1v) is 5.02. The Kier molecular flexibility index (Phi) is 4.06. The molecule has 1 aromatic heterocycles. The van der Waals surface area contributed by atoms with Gasteiger partial charge >= 0.3 is 24.0 Å². The number of amides is 1. The summed E-state index contributed by atoms with van der Waals surface area (Å²) in [5.41, 5.74) is -0.281. The molecule has 0 fully saturated rings. The van der Waals surface area contributed by atoms with E-state index < -0.39 is 30.5 Å². The SMILES string of the molecule is Cc1oc(CNC(=O)C(F)(F)C(F)(F)F)cc1C(=O)O. The van der Waals surface area contributed by atoms with E-state index in [9.17, 15) is 31.5 Å². The van der Waals surface area contributed by atoms with Gasteiger partial charge in [-0.15, -0.1) is 0 Å². The molecule has 0 saturated heterocycles. The van der Waals surface area contributed by atoms with E-state index in [1.54, 1.807) is 0 Å². The third-order valence-corrected chi connectivity index (χ3v) is 2.26. The van der Waals surface area contributed by atoms with Crippen molar-refractivity contribution in [2.75, 3.05) is 0 Å². The summed E-state index contributed by atoms with van der Waals surface area (Å²) < 4.78 is 65.6. The Labute approximate surface area is 108 Å². The van der Waals surface area contributed by atoms with Crippen molar-refractivity contribution in [3.8, 4) is 0 Å². The maximum Gasteiger partial charge on any atom is 0.463 e. The Morgan fingerprint density at radius 2 is 1.85 bits per heavy atom. The van der Waals surface area contributed by atoms with Gasteiger partial charge in [0, 0.05) is 0 Å². The average Bonchev–Trinajstić information content (AvgIpc) is 2.65. The zero-order valence-electron chi connectivity index (χ0n) is 9.85. The van der Waals surface area contributed by atoms with Gasteiger partial charge in [-0.3, -0.25) is 4.79 Å². The molecule has 0 aromatic carbocycles. The zero-order chi connectivity index (χ0) is 15.7. The van der Waals surface area contributed by atoms with Crippen molar-refractivity contribution in [3.05, 3.63) is 23.2 Å². The molecule has 1 aromatic rings. The van der Waals surface area contributed by atoms with E-state index in [0.717, 1.165) is 6.07 Å². The van der Waals surface area contributed by atoms with E-state index >= 15 is 0 Å². The second-order valence-electron chi connectivity index (χ2n) is 3.74. The molecule has 0 saturated carbocycles. The summed E-state index contributed by atoms with van der Waals surface area (Å²) in [5, 5.41) is 10.0. The van der Waals surface area contributed by atoms with Crippen LogP contribution in [0.4, 0.5) is 22.0 Å². The van der Waals surface area contributed by atoms with Crippen LogP contribution in [0.5, 0.6) is 0 Å². The van der Waals surface area contributed by atoms with E-state index in [1.807, 2.05) is 0 Å². The Morgan fingerprint density at radius 3 is 2.25 bits per heavy atom. The van der Waals surface area contributed by atoms with Gasteiger partial charge in [-0.05, 0) is 13.0 Å². The Bertz CT molecular complexity index is 534. The van der Waals surface area contributed by atoms with E-state index in [0.29, 0.717) is 0 Å². The van der Waals surface area contributed by atoms with Crippen LogP contribution in [0.25, 0.3) is 0 Å². The molecule has 0 spiro atoms. The third-order valence-electron chi connectivity index (χ3n) is 2.26. The lowest BCUT2D eigenvalue weighted by Gasteiger charge is -2.18. The number of aryl methyl sites for hydroxylation is 1. The summed E-state index contributed by atoms with van der Waals surface area (Å²) in [6, 6.07) is 0.920. The number of halogens is 5. The molecule has 0 bridgehead atoms. The Morgan fingerprint density at radius 1 is 1.30 bits per heavy atom.